The zero-order valence-electron chi connectivity index (χ0n) is 15.6. The van der Waals surface area contributed by atoms with Crippen molar-refractivity contribution in [1.29, 1.82) is 0 Å². The molecule has 0 heterocycles. The highest BCUT2D eigenvalue weighted by molar-refractivity contribution is 9.10. The number of carbonyl (C=O) groups is 3. The number of hydrogen-bond acceptors (Lipinski definition) is 3. The number of benzene rings is 3. The molecule has 0 saturated heterocycles. The van der Waals surface area contributed by atoms with Crippen LogP contribution in [-0.4, -0.2) is 17.7 Å². The van der Waals surface area contributed by atoms with Gasteiger partial charge in [0.25, 0.3) is 11.8 Å². The van der Waals surface area contributed by atoms with Crippen molar-refractivity contribution < 1.29 is 18.8 Å². The third-order valence-corrected chi connectivity index (χ3v) is 4.56. The fourth-order valence-corrected chi connectivity index (χ4v) is 3.00. The van der Waals surface area contributed by atoms with Gasteiger partial charge in [0.1, 0.15) is 5.82 Å². The lowest BCUT2D eigenvalue weighted by Crippen LogP contribution is -2.42. The van der Waals surface area contributed by atoms with E-state index in [-0.39, 0.29) is 23.7 Å². The van der Waals surface area contributed by atoms with Crippen LogP contribution in [-0.2, 0) is 11.2 Å². The molecule has 0 fully saturated rings. The highest BCUT2D eigenvalue weighted by Crippen LogP contribution is 2.15. The molecule has 8 heteroatoms. The molecule has 0 saturated carbocycles. The number of nitrogens with one attached hydrogen (secondary N) is 3. The number of carbonyl (C=O) groups excluding carboxylic acids is 3. The van der Waals surface area contributed by atoms with Gasteiger partial charge >= 0.3 is 0 Å². The van der Waals surface area contributed by atoms with E-state index in [4.69, 9.17) is 0 Å². The molecule has 0 aliphatic heterocycles. The van der Waals surface area contributed by atoms with Gasteiger partial charge in [-0.2, -0.15) is 0 Å². The smallest absolute Gasteiger partial charge is 0.269 e. The lowest BCUT2D eigenvalue weighted by atomic mass is 10.1. The van der Waals surface area contributed by atoms with Crippen LogP contribution >= 0.6 is 15.9 Å². The Bertz CT molecular complexity index is 1090. The van der Waals surface area contributed by atoms with Crippen LogP contribution < -0.4 is 16.2 Å². The molecule has 6 nitrogen and oxygen atoms in total. The molecule has 0 aliphatic rings. The first kappa shape index (κ1) is 21.2. The summed E-state index contributed by atoms with van der Waals surface area (Å²) in [7, 11) is 0. The van der Waals surface area contributed by atoms with Gasteiger partial charge < -0.3 is 5.32 Å². The zero-order chi connectivity index (χ0) is 21.5. The monoisotopic (exact) mass is 469 g/mol. The van der Waals surface area contributed by atoms with Gasteiger partial charge in [-0.3, -0.25) is 25.2 Å². The van der Waals surface area contributed by atoms with Crippen LogP contribution in [0.15, 0.2) is 77.3 Å². The molecule has 0 aliphatic carbocycles. The highest BCUT2D eigenvalue weighted by Gasteiger charge is 2.11. The summed E-state index contributed by atoms with van der Waals surface area (Å²) in [5.41, 5.74) is 6.40. The van der Waals surface area contributed by atoms with E-state index >= 15 is 0 Å². The topological polar surface area (TPSA) is 87.3 Å². The van der Waals surface area contributed by atoms with Crippen LogP contribution in [0.3, 0.4) is 0 Å². The number of rotatable bonds is 5. The van der Waals surface area contributed by atoms with E-state index in [0.717, 1.165) is 4.47 Å². The van der Waals surface area contributed by atoms with Crippen LogP contribution in [0.2, 0.25) is 0 Å². The number of anilines is 1. The number of halogens is 2. The van der Waals surface area contributed by atoms with Crippen LogP contribution in [0.4, 0.5) is 10.1 Å². The summed E-state index contributed by atoms with van der Waals surface area (Å²) < 4.78 is 13.7. The van der Waals surface area contributed by atoms with Crippen LogP contribution in [0.1, 0.15) is 26.3 Å². The Labute approximate surface area is 180 Å². The van der Waals surface area contributed by atoms with Crippen LogP contribution in [0.25, 0.3) is 0 Å². The second-order valence-corrected chi connectivity index (χ2v) is 7.27. The molecule has 152 valence electrons. The Balaban J connectivity index is 1.56. The van der Waals surface area contributed by atoms with Crippen molar-refractivity contribution in [2.24, 2.45) is 0 Å². The van der Waals surface area contributed by atoms with Gasteiger partial charge in [0.05, 0.1) is 6.42 Å². The van der Waals surface area contributed by atoms with Gasteiger partial charge in [0.15, 0.2) is 0 Å². The lowest BCUT2D eigenvalue weighted by Gasteiger charge is -2.10. The summed E-state index contributed by atoms with van der Waals surface area (Å²) in [6.45, 7) is 0. The molecule has 3 rings (SSSR count). The van der Waals surface area contributed by atoms with Gasteiger partial charge in [-0.25, -0.2) is 4.39 Å². The van der Waals surface area contributed by atoms with E-state index in [9.17, 15) is 18.8 Å². The van der Waals surface area contributed by atoms with E-state index in [2.05, 4.69) is 32.1 Å². The molecule has 3 aromatic rings. The van der Waals surface area contributed by atoms with Gasteiger partial charge in [0.2, 0.25) is 5.91 Å². The minimum Gasteiger partial charge on any atom is -0.322 e. The summed E-state index contributed by atoms with van der Waals surface area (Å²) in [5, 5.41) is 2.73. The van der Waals surface area contributed by atoms with E-state index in [1.807, 2.05) is 6.07 Å². The molecular formula is C22H17BrFN3O3. The van der Waals surface area contributed by atoms with E-state index in [1.165, 1.54) is 30.3 Å². The van der Waals surface area contributed by atoms with Crippen molar-refractivity contribution in [3.8, 4) is 0 Å². The molecule has 30 heavy (non-hydrogen) atoms. The Hall–Kier alpha value is -3.52. The molecular weight excluding hydrogens is 453 g/mol. The first-order valence-corrected chi connectivity index (χ1v) is 9.70. The fourth-order valence-electron chi connectivity index (χ4n) is 2.60. The summed E-state index contributed by atoms with van der Waals surface area (Å²) in [6, 6.07) is 18.7. The molecule has 0 atom stereocenters. The number of amides is 3. The fraction of sp³-hybridized carbons (Fsp3) is 0.0455. The predicted octanol–water partition coefficient (Wildman–Crippen LogP) is 3.84. The summed E-state index contributed by atoms with van der Waals surface area (Å²) in [4.78, 5) is 36.6. The minimum atomic E-state index is -0.541. The number of hydrogen-bond donors (Lipinski definition) is 3. The van der Waals surface area contributed by atoms with Gasteiger partial charge in [0, 0.05) is 21.3 Å². The summed E-state index contributed by atoms with van der Waals surface area (Å²) in [6.07, 6.45) is -0.0106. The quantitative estimate of drug-likeness (QED) is 0.496. The molecule has 0 aromatic heterocycles. The summed E-state index contributed by atoms with van der Waals surface area (Å²) in [5.74, 6) is -1.70. The molecule has 0 unspecified atom stereocenters. The summed E-state index contributed by atoms with van der Waals surface area (Å²) >= 11 is 3.32. The predicted molar refractivity (Wildman–Crippen MR) is 114 cm³/mol. The average Bonchev–Trinajstić information content (AvgIpc) is 2.74. The van der Waals surface area contributed by atoms with Crippen molar-refractivity contribution in [2.75, 3.05) is 5.32 Å². The second-order valence-electron chi connectivity index (χ2n) is 6.35. The Morgan fingerprint density at radius 2 is 1.47 bits per heavy atom. The Kier molecular flexibility index (Phi) is 6.92. The van der Waals surface area contributed by atoms with Crippen molar-refractivity contribution >= 4 is 39.3 Å². The van der Waals surface area contributed by atoms with E-state index in [1.54, 1.807) is 36.4 Å². The van der Waals surface area contributed by atoms with Gasteiger partial charge in [-0.05, 0) is 54.1 Å². The average molecular weight is 470 g/mol. The van der Waals surface area contributed by atoms with Crippen molar-refractivity contribution in [3.63, 3.8) is 0 Å². The maximum atomic E-state index is 12.9. The normalized spacial score (nSPS) is 10.2. The van der Waals surface area contributed by atoms with E-state index in [0.29, 0.717) is 16.8 Å². The number of hydrazine groups is 1. The van der Waals surface area contributed by atoms with Crippen molar-refractivity contribution in [2.45, 2.75) is 6.42 Å². The first-order chi connectivity index (χ1) is 14.4. The zero-order valence-corrected chi connectivity index (χ0v) is 17.2. The maximum absolute atomic E-state index is 12.9. The van der Waals surface area contributed by atoms with Crippen LogP contribution in [0.5, 0.6) is 0 Å². The third-order valence-electron chi connectivity index (χ3n) is 4.06. The molecule has 3 amide bonds. The standard InChI is InChI=1S/C22H17BrFN3O3/c23-17-5-1-3-15(12-17)21(29)25-19-6-2-4-16(13-19)22(30)27-26-20(28)11-14-7-9-18(24)10-8-14/h1-10,12-13H,11H2,(H,25,29)(H,26,28)(H,27,30). The Morgan fingerprint density at radius 1 is 0.800 bits per heavy atom. The van der Waals surface area contributed by atoms with Crippen molar-refractivity contribution in [3.05, 3.63) is 99.8 Å². The van der Waals surface area contributed by atoms with Gasteiger partial charge in [-0.15, -0.1) is 0 Å². The molecule has 0 spiro atoms. The second kappa shape index (κ2) is 9.80. The largest absolute Gasteiger partial charge is 0.322 e. The highest BCUT2D eigenvalue weighted by atomic mass is 79.9. The Morgan fingerprint density at radius 3 is 2.17 bits per heavy atom. The maximum Gasteiger partial charge on any atom is 0.269 e. The minimum absolute atomic E-state index is 0.0106. The van der Waals surface area contributed by atoms with Crippen molar-refractivity contribution in [1.82, 2.24) is 10.9 Å². The third kappa shape index (κ3) is 5.99. The SMILES string of the molecule is O=C(Cc1ccc(F)cc1)NNC(=O)c1cccc(NC(=O)c2cccc(Br)c2)c1. The first-order valence-electron chi connectivity index (χ1n) is 8.91. The van der Waals surface area contributed by atoms with E-state index < -0.39 is 11.8 Å². The van der Waals surface area contributed by atoms with Gasteiger partial charge in [-0.1, -0.05) is 40.2 Å². The molecule has 0 bridgehead atoms. The molecule has 3 aromatic carbocycles. The lowest BCUT2D eigenvalue weighted by molar-refractivity contribution is -0.121. The molecule has 3 N–H and O–H groups in total. The van der Waals surface area contributed by atoms with Crippen LogP contribution in [0, 0.1) is 5.82 Å². The molecule has 0 radical (unpaired) electrons.